The van der Waals surface area contributed by atoms with Crippen molar-refractivity contribution in [2.75, 3.05) is 11.9 Å². The molecule has 0 radical (unpaired) electrons. The van der Waals surface area contributed by atoms with E-state index in [1.807, 2.05) is 56.7 Å². The van der Waals surface area contributed by atoms with Crippen LogP contribution in [0.3, 0.4) is 0 Å². The van der Waals surface area contributed by atoms with Crippen LogP contribution in [0.5, 0.6) is 0 Å². The Hall–Kier alpha value is -1.74. The highest BCUT2D eigenvalue weighted by Crippen LogP contribution is 2.20. The first-order chi connectivity index (χ1) is 9.40. The van der Waals surface area contributed by atoms with Crippen molar-refractivity contribution in [2.24, 2.45) is 7.05 Å². The number of benzene rings is 1. The number of aromatic nitrogens is 1. The molecule has 0 spiro atoms. The monoisotopic (exact) mass is 290 g/mol. The number of nitrogens with one attached hydrogen (secondary N) is 1. The molecule has 1 aromatic carbocycles. The summed E-state index contributed by atoms with van der Waals surface area (Å²) in [6, 6.07) is 7.64. The number of halogens is 1. The van der Waals surface area contributed by atoms with Gasteiger partial charge in [0, 0.05) is 34.7 Å². The number of carbonyl (C=O) groups excluding carboxylic acids is 1. The zero-order valence-electron chi connectivity index (χ0n) is 12.2. The topological polar surface area (TPSA) is 34.0 Å². The van der Waals surface area contributed by atoms with Gasteiger partial charge in [0.05, 0.1) is 6.54 Å². The maximum Gasteiger partial charge on any atom is 0.183 e. The van der Waals surface area contributed by atoms with Crippen LogP contribution in [0.1, 0.15) is 27.3 Å². The SMILES string of the molecule is Cc1ccc(NCC(=O)c2cc(C)n(C)c2C)cc1Cl. The van der Waals surface area contributed by atoms with Gasteiger partial charge in [-0.05, 0) is 44.5 Å². The van der Waals surface area contributed by atoms with E-state index in [0.717, 1.165) is 28.2 Å². The first-order valence-corrected chi connectivity index (χ1v) is 6.94. The highest BCUT2D eigenvalue weighted by molar-refractivity contribution is 6.31. The average Bonchev–Trinajstić information content (AvgIpc) is 2.67. The smallest absolute Gasteiger partial charge is 0.183 e. The van der Waals surface area contributed by atoms with E-state index < -0.39 is 0 Å². The highest BCUT2D eigenvalue weighted by atomic mass is 35.5. The lowest BCUT2D eigenvalue weighted by atomic mass is 10.1. The van der Waals surface area contributed by atoms with Crippen molar-refractivity contribution < 1.29 is 4.79 Å². The molecule has 4 heteroatoms. The van der Waals surface area contributed by atoms with Gasteiger partial charge in [0.15, 0.2) is 5.78 Å². The van der Waals surface area contributed by atoms with Gasteiger partial charge in [-0.2, -0.15) is 0 Å². The molecule has 3 nitrogen and oxygen atoms in total. The summed E-state index contributed by atoms with van der Waals surface area (Å²) in [5.74, 6) is 0.0860. The Morgan fingerprint density at radius 3 is 2.50 bits per heavy atom. The fourth-order valence-electron chi connectivity index (χ4n) is 2.12. The molecular formula is C16H19ClN2O. The van der Waals surface area contributed by atoms with Crippen molar-refractivity contribution in [2.45, 2.75) is 20.8 Å². The molecule has 0 saturated heterocycles. The number of aryl methyl sites for hydroxylation is 2. The molecule has 0 amide bonds. The van der Waals surface area contributed by atoms with Gasteiger partial charge >= 0.3 is 0 Å². The second-order valence-electron chi connectivity index (χ2n) is 5.08. The molecule has 0 aliphatic rings. The first kappa shape index (κ1) is 14.7. The molecule has 2 rings (SSSR count). The molecule has 1 heterocycles. The fourth-order valence-corrected chi connectivity index (χ4v) is 2.30. The second kappa shape index (κ2) is 5.71. The minimum absolute atomic E-state index is 0.0860. The minimum atomic E-state index is 0.0860. The summed E-state index contributed by atoms with van der Waals surface area (Å²) in [6.45, 7) is 6.18. The number of ketones is 1. The van der Waals surface area contributed by atoms with E-state index >= 15 is 0 Å². The van der Waals surface area contributed by atoms with Crippen LogP contribution in [0.15, 0.2) is 24.3 Å². The van der Waals surface area contributed by atoms with Gasteiger partial charge in [0.25, 0.3) is 0 Å². The number of carbonyl (C=O) groups is 1. The number of rotatable bonds is 4. The third kappa shape index (κ3) is 2.88. The minimum Gasteiger partial charge on any atom is -0.378 e. The zero-order valence-corrected chi connectivity index (χ0v) is 13.0. The molecule has 0 bridgehead atoms. The van der Waals surface area contributed by atoms with E-state index in [4.69, 9.17) is 11.6 Å². The lowest BCUT2D eigenvalue weighted by molar-refractivity contribution is 0.101. The molecule has 20 heavy (non-hydrogen) atoms. The Kier molecular flexibility index (Phi) is 4.19. The standard InChI is InChI=1S/C16H19ClN2O/c1-10-5-6-13(8-15(10)17)18-9-16(20)14-7-11(2)19(4)12(14)3/h5-8,18H,9H2,1-4H3. The van der Waals surface area contributed by atoms with Crippen molar-refractivity contribution in [1.82, 2.24) is 4.57 Å². The van der Waals surface area contributed by atoms with E-state index in [0.29, 0.717) is 5.02 Å². The second-order valence-corrected chi connectivity index (χ2v) is 5.49. The Balaban J connectivity index is 2.08. The molecule has 0 unspecified atom stereocenters. The Morgan fingerprint density at radius 2 is 1.95 bits per heavy atom. The van der Waals surface area contributed by atoms with Crippen LogP contribution in [0.25, 0.3) is 0 Å². The quantitative estimate of drug-likeness (QED) is 0.867. The number of nitrogens with zero attached hydrogens (tertiary/aromatic N) is 1. The molecule has 1 N–H and O–H groups in total. The summed E-state index contributed by atoms with van der Waals surface area (Å²) in [5, 5.41) is 3.83. The molecule has 2 aromatic rings. The largest absolute Gasteiger partial charge is 0.378 e. The van der Waals surface area contributed by atoms with Gasteiger partial charge in [-0.15, -0.1) is 0 Å². The summed E-state index contributed by atoms with van der Waals surface area (Å²) < 4.78 is 2.02. The van der Waals surface area contributed by atoms with E-state index in [1.165, 1.54) is 0 Å². The van der Waals surface area contributed by atoms with Crippen LogP contribution in [0.2, 0.25) is 5.02 Å². The Labute approximate surface area is 124 Å². The molecule has 0 aliphatic carbocycles. The number of Topliss-reactive ketones (excluding diaryl/α,β-unsaturated/α-hetero) is 1. The van der Waals surface area contributed by atoms with Gasteiger partial charge in [-0.25, -0.2) is 0 Å². The maximum absolute atomic E-state index is 12.2. The summed E-state index contributed by atoms with van der Waals surface area (Å²) in [7, 11) is 1.97. The van der Waals surface area contributed by atoms with Crippen molar-refractivity contribution >= 4 is 23.1 Å². The van der Waals surface area contributed by atoms with Crippen LogP contribution >= 0.6 is 11.6 Å². The predicted molar refractivity (Wildman–Crippen MR) is 83.9 cm³/mol. The molecule has 0 fully saturated rings. The normalized spacial score (nSPS) is 10.7. The maximum atomic E-state index is 12.2. The third-order valence-corrected chi connectivity index (χ3v) is 4.11. The lowest BCUT2D eigenvalue weighted by Gasteiger charge is -2.07. The third-order valence-electron chi connectivity index (χ3n) is 3.70. The van der Waals surface area contributed by atoms with Crippen molar-refractivity contribution in [3.05, 3.63) is 51.8 Å². The van der Waals surface area contributed by atoms with E-state index in [1.54, 1.807) is 0 Å². The van der Waals surface area contributed by atoms with Crippen molar-refractivity contribution in [3.8, 4) is 0 Å². The van der Waals surface area contributed by atoms with Crippen LogP contribution in [-0.2, 0) is 7.05 Å². The Bertz CT molecular complexity index is 659. The fraction of sp³-hybridized carbons (Fsp3) is 0.312. The summed E-state index contributed by atoms with van der Waals surface area (Å²) in [6.07, 6.45) is 0. The highest BCUT2D eigenvalue weighted by Gasteiger charge is 2.13. The molecule has 106 valence electrons. The average molecular weight is 291 g/mol. The number of anilines is 1. The first-order valence-electron chi connectivity index (χ1n) is 6.56. The summed E-state index contributed by atoms with van der Waals surface area (Å²) in [5.41, 5.74) is 4.74. The van der Waals surface area contributed by atoms with Gasteiger partial charge < -0.3 is 9.88 Å². The van der Waals surface area contributed by atoms with Gasteiger partial charge in [-0.1, -0.05) is 17.7 Å². The van der Waals surface area contributed by atoms with Gasteiger partial charge in [0.1, 0.15) is 0 Å². The molecule has 0 saturated carbocycles. The van der Waals surface area contributed by atoms with Gasteiger partial charge in [-0.3, -0.25) is 4.79 Å². The number of hydrogen-bond acceptors (Lipinski definition) is 2. The van der Waals surface area contributed by atoms with E-state index in [9.17, 15) is 4.79 Å². The molecule has 0 aliphatic heterocycles. The van der Waals surface area contributed by atoms with Crippen LogP contribution in [0, 0.1) is 20.8 Å². The van der Waals surface area contributed by atoms with Gasteiger partial charge in [0.2, 0.25) is 0 Å². The van der Waals surface area contributed by atoms with Crippen molar-refractivity contribution in [1.29, 1.82) is 0 Å². The molecule has 0 atom stereocenters. The lowest BCUT2D eigenvalue weighted by Crippen LogP contribution is -2.14. The Morgan fingerprint density at radius 1 is 1.25 bits per heavy atom. The number of hydrogen-bond donors (Lipinski definition) is 1. The summed E-state index contributed by atoms with van der Waals surface area (Å²) >= 11 is 6.07. The summed E-state index contributed by atoms with van der Waals surface area (Å²) in [4.78, 5) is 12.2. The van der Waals surface area contributed by atoms with Crippen molar-refractivity contribution in [3.63, 3.8) is 0 Å². The van der Waals surface area contributed by atoms with Crippen LogP contribution in [-0.4, -0.2) is 16.9 Å². The van der Waals surface area contributed by atoms with E-state index in [2.05, 4.69) is 5.32 Å². The van der Waals surface area contributed by atoms with E-state index in [-0.39, 0.29) is 12.3 Å². The predicted octanol–water partition coefficient (Wildman–Crippen LogP) is 3.90. The molecule has 1 aromatic heterocycles. The molecular weight excluding hydrogens is 272 g/mol. The zero-order chi connectivity index (χ0) is 14.9. The van der Waals surface area contributed by atoms with Crippen LogP contribution in [0.4, 0.5) is 5.69 Å². The van der Waals surface area contributed by atoms with Crippen LogP contribution < -0.4 is 5.32 Å².